The Balaban J connectivity index is 1.50. The molecule has 2 aromatic heterocycles. The maximum atomic E-state index is 14.9. The van der Waals surface area contributed by atoms with Crippen LogP contribution in [-0.2, 0) is 54.1 Å². The first-order chi connectivity index (χ1) is 33.9. The number of anilines is 1. The first-order valence-electron chi connectivity index (χ1n) is 26.1. The Morgan fingerprint density at radius 2 is 1.75 bits per heavy atom. The fourth-order valence-electron chi connectivity index (χ4n) is 11.5. The zero-order valence-electron chi connectivity index (χ0n) is 45.4. The molecule has 0 saturated carbocycles. The number of aromatic nitrogens is 1. The molecular weight excluding hydrogens is 945 g/mol. The summed E-state index contributed by atoms with van der Waals surface area (Å²) in [6.07, 6.45) is -5.02. The topological polar surface area (TPSA) is 224 Å². The molecule has 0 radical (unpaired) electrons. The van der Waals surface area contributed by atoms with Crippen LogP contribution in [0.4, 0.5) is 5.82 Å². The Morgan fingerprint density at radius 1 is 1.01 bits per heavy atom. The highest BCUT2D eigenvalue weighted by molar-refractivity contribution is 7.15. The van der Waals surface area contributed by atoms with Gasteiger partial charge in [-0.25, -0.2) is 4.98 Å². The number of carbonyl (C=O) groups excluding carboxylic acids is 1. The maximum absolute atomic E-state index is 14.9. The van der Waals surface area contributed by atoms with Gasteiger partial charge in [-0.1, -0.05) is 38.9 Å². The van der Waals surface area contributed by atoms with Gasteiger partial charge in [0.2, 0.25) is 0 Å². The Labute approximate surface area is 432 Å². The van der Waals surface area contributed by atoms with Crippen LogP contribution in [0.2, 0.25) is 0 Å². The van der Waals surface area contributed by atoms with Crippen molar-refractivity contribution in [1.82, 2.24) is 14.8 Å². The second-order valence-corrected chi connectivity index (χ2v) is 23.1. The van der Waals surface area contributed by atoms with Crippen LogP contribution >= 0.6 is 11.3 Å². The quantitative estimate of drug-likeness (QED) is 0.134. The summed E-state index contributed by atoms with van der Waals surface area (Å²) >= 11 is 1.52. The molecule has 5 aliphatic rings. The molecule has 0 spiro atoms. The smallest absolute Gasteiger partial charge is 0.311 e. The highest BCUT2D eigenvalue weighted by Crippen LogP contribution is 2.42. The number of methoxy groups -OCH3 is 1. The van der Waals surface area contributed by atoms with E-state index in [1.165, 1.54) is 11.3 Å². The number of likely N-dealkylation sites (N-methyl/N-ethyl adjacent to an activating group) is 1. The maximum Gasteiger partial charge on any atom is 0.311 e. The summed E-state index contributed by atoms with van der Waals surface area (Å²) in [7, 11) is 5.49. The number of nitrogens with two attached hydrogens (primary N) is 2. The van der Waals surface area contributed by atoms with Gasteiger partial charge in [0.05, 0.1) is 77.5 Å². The summed E-state index contributed by atoms with van der Waals surface area (Å²) in [5.74, 6) is -2.05. The second-order valence-electron chi connectivity index (χ2n) is 22.0. The van der Waals surface area contributed by atoms with E-state index in [0.29, 0.717) is 30.9 Å². The number of nitrogens with zero attached hydrogens (tertiary/aromatic N) is 4. The van der Waals surface area contributed by atoms with E-state index in [2.05, 4.69) is 30.7 Å². The Kier molecular flexibility index (Phi) is 20.1. The number of ether oxygens (including phenoxy) is 8. The van der Waals surface area contributed by atoms with E-state index in [0.717, 1.165) is 28.4 Å². The van der Waals surface area contributed by atoms with E-state index in [-0.39, 0.29) is 56.8 Å². The Hall–Kier alpha value is -2.89. The number of esters is 1. The minimum atomic E-state index is -1.68. The molecule has 19 heteroatoms. The highest BCUT2D eigenvalue weighted by atomic mass is 32.1. The lowest BCUT2D eigenvalue weighted by atomic mass is 9.78. The summed E-state index contributed by atoms with van der Waals surface area (Å²) in [5, 5.41) is 29.7. The summed E-state index contributed by atoms with van der Waals surface area (Å²) in [4.78, 5) is 31.8. The third kappa shape index (κ3) is 13.6. The van der Waals surface area contributed by atoms with Gasteiger partial charge < -0.3 is 74.2 Å². The first-order valence-corrected chi connectivity index (χ1v) is 27.0. The van der Waals surface area contributed by atoms with Crippen LogP contribution in [0.3, 0.4) is 0 Å². The number of pyridine rings is 1. The lowest BCUT2D eigenvalue weighted by Crippen LogP contribution is -2.62. The van der Waals surface area contributed by atoms with Crippen molar-refractivity contribution in [3.8, 4) is 10.6 Å². The number of thiophene rings is 1. The molecule has 72 heavy (non-hydrogen) atoms. The highest BCUT2D eigenvalue weighted by Gasteiger charge is 2.54. The van der Waals surface area contributed by atoms with Gasteiger partial charge in [-0.15, -0.1) is 11.3 Å². The van der Waals surface area contributed by atoms with Gasteiger partial charge in [0.1, 0.15) is 29.3 Å². The normalized spacial score (nSPS) is 40.7. The van der Waals surface area contributed by atoms with Crippen molar-refractivity contribution in [2.24, 2.45) is 28.6 Å². The lowest BCUT2D eigenvalue weighted by Gasteiger charge is -2.50. The molecule has 0 unspecified atom stereocenters. The summed E-state index contributed by atoms with van der Waals surface area (Å²) < 4.78 is 54.1. The standard InChI is InChI=1S/C53H88N6O12S/c1-15-22-59-26-30(3)47-53(11,62)41(16-2)69-49(61)34(7)45(70-43-25-51(9,63-14)46(55)35(8)68-43)33(6)48(71-50-44(60)39(58(12)13)23-32(5)67-50)52(10,24-31(59)4)65-28-36(27-64-47)57-66-29-37-20-21-40(72-37)38-18-17-19-42(54)56-38/h17-21,30-35,39,41,43-48,50,60,62H,15-16,22-29,55H2,1-14H3,(H2,54,56)/t30-,31+,32+,33-,34+,35-,39-,41+,43-,44+,45-,46+,47+,48+,50-,51+,52+,53+/m0/s1. The number of aliphatic hydroxyl groups excluding tert-OH is 1. The predicted octanol–water partition coefficient (Wildman–Crippen LogP) is 5.99. The van der Waals surface area contributed by atoms with E-state index in [1.54, 1.807) is 27.0 Å². The van der Waals surface area contributed by atoms with E-state index in [4.69, 9.17) is 59.4 Å². The van der Waals surface area contributed by atoms with Crippen molar-refractivity contribution in [2.45, 2.75) is 205 Å². The molecule has 18 nitrogen and oxygen atoms in total. The second kappa shape index (κ2) is 24.8. The third-order valence-electron chi connectivity index (χ3n) is 15.8. The molecule has 18 atom stereocenters. The van der Waals surface area contributed by atoms with Crippen molar-refractivity contribution in [3.63, 3.8) is 0 Å². The van der Waals surface area contributed by atoms with Gasteiger partial charge in [0.25, 0.3) is 0 Å². The molecule has 0 aliphatic carbocycles. The fraction of sp³-hybridized carbons (Fsp3) is 0.792. The molecule has 408 valence electrons. The molecule has 5 fully saturated rings. The van der Waals surface area contributed by atoms with Gasteiger partial charge in [0.15, 0.2) is 19.2 Å². The number of oxime groups is 1. The number of hydrogen-bond donors (Lipinski definition) is 4. The number of carbonyl (C=O) groups is 1. The number of fused-ring (bicyclic) bond motifs is 15. The van der Waals surface area contributed by atoms with Gasteiger partial charge in [-0.05, 0) is 125 Å². The van der Waals surface area contributed by atoms with Crippen LogP contribution in [0, 0.1) is 17.8 Å². The van der Waals surface area contributed by atoms with Crippen molar-refractivity contribution in [3.05, 3.63) is 35.2 Å². The zero-order valence-corrected chi connectivity index (χ0v) is 46.3. The molecule has 5 aliphatic heterocycles. The van der Waals surface area contributed by atoms with Gasteiger partial charge >= 0.3 is 5.97 Å². The first kappa shape index (κ1) is 58.4. The molecule has 2 aromatic rings. The summed E-state index contributed by atoms with van der Waals surface area (Å²) in [6, 6.07) is 8.62. The van der Waals surface area contributed by atoms with Crippen molar-refractivity contribution < 1.29 is 57.7 Å². The molecule has 7 rings (SSSR count). The van der Waals surface area contributed by atoms with Crippen LogP contribution in [0.1, 0.15) is 113 Å². The molecule has 0 aromatic carbocycles. The van der Waals surface area contributed by atoms with Crippen LogP contribution in [0.25, 0.3) is 10.6 Å². The summed E-state index contributed by atoms with van der Waals surface area (Å²) in [5.41, 5.74) is 10.1. The molecule has 6 N–H and O–H groups in total. The van der Waals surface area contributed by atoms with Gasteiger partial charge in [-0.3, -0.25) is 4.79 Å². The van der Waals surface area contributed by atoms with E-state index in [9.17, 15) is 15.0 Å². The SMILES string of the molecule is CCCN1C[C@H](C)[C@H]2OCC(=NOCc3ccc(-c4cccc(N)n4)s3)CO[C@](C)(C[C@H]1C)[C@H](O[C@@H]1O[C@H](C)C[C@H](N(C)C)[C@H]1O)[C@@H](C)[C@H](O[C@H]1C[C@@](C)(OC)[C@H](N)[C@H](C)O1)[C@@H](C)C(=O)O[C@H](CC)[C@@]2(C)O. The minimum Gasteiger partial charge on any atom is -0.459 e. The van der Waals surface area contributed by atoms with E-state index in [1.807, 2.05) is 84.8 Å². The number of hydrogen-bond acceptors (Lipinski definition) is 19. The van der Waals surface area contributed by atoms with Crippen molar-refractivity contribution in [2.75, 3.05) is 53.2 Å². The molecule has 2 bridgehead atoms. The zero-order chi connectivity index (χ0) is 52.9. The third-order valence-corrected chi connectivity index (χ3v) is 16.8. The van der Waals surface area contributed by atoms with Gasteiger partial charge in [-0.2, -0.15) is 0 Å². The van der Waals surface area contributed by atoms with E-state index >= 15 is 0 Å². The minimum absolute atomic E-state index is 0.0679. The van der Waals surface area contributed by atoms with Crippen molar-refractivity contribution >= 4 is 28.8 Å². The number of rotatable bonds is 13. The van der Waals surface area contributed by atoms with Crippen LogP contribution in [-0.4, -0.2) is 174 Å². The Bertz CT molecular complexity index is 2080. The van der Waals surface area contributed by atoms with Crippen molar-refractivity contribution in [1.29, 1.82) is 0 Å². The van der Waals surface area contributed by atoms with E-state index < -0.39 is 89.9 Å². The number of aliphatic hydroxyl groups is 2. The lowest BCUT2D eigenvalue weighted by molar-refractivity contribution is -0.313. The molecule has 7 heterocycles. The monoisotopic (exact) mass is 1030 g/mol. The van der Waals surface area contributed by atoms with Crippen LogP contribution in [0.5, 0.6) is 0 Å². The molecule has 5 saturated heterocycles. The summed E-state index contributed by atoms with van der Waals surface area (Å²) in [6.45, 7) is 22.8. The average Bonchev–Trinajstić information content (AvgIpc) is 3.80. The fourth-order valence-corrected chi connectivity index (χ4v) is 12.4. The molecular formula is C53H88N6O12S. The largest absolute Gasteiger partial charge is 0.459 e. The number of nitrogen functional groups attached to an aromatic ring is 1. The van der Waals surface area contributed by atoms with Crippen LogP contribution < -0.4 is 11.5 Å². The average molecular weight is 1030 g/mol. The predicted molar refractivity (Wildman–Crippen MR) is 277 cm³/mol. The molecule has 0 amide bonds. The Morgan fingerprint density at radius 3 is 2.42 bits per heavy atom. The van der Waals surface area contributed by atoms with Crippen LogP contribution in [0.15, 0.2) is 35.5 Å². The van der Waals surface area contributed by atoms with Gasteiger partial charge in [0, 0.05) is 43.0 Å².